The van der Waals surface area contributed by atoms with Gasteiger partial charge in [0.05, 0.1) is 26.5 Å². The van der Waals surface area contributed by atoms with Gasteiger partial charge in [-0.3, -0.25) is 4.90 Å². The molecule has 33 heavy (non-hydrogen) atoms. The molecule has 2 heterocycles. The van der Waals surface area contributed by atoms with Crippen LogP contribution in [0.25, 0.3) is 0 Å². The maximum atomic E-state index is 12.9. The fourth-order valence-corrected chi connectivity index (χ4v) is 3.19. The van der Waals surface area contributed by atoms with Gasteiger partial charge in [0, 0.05) is 0 Å². The van der Waals surface area contributed by atoms with Gasteiger partial charge in [-0.05, 0) is 55.4 Å². The third kappa shape index (κ3) is 7.31. The van der Waals surface area contributed by atoms with Gasteiger partial charge < -0.3 is 24.3 Å². The maximum absolute atomic E-state index is 12.9. The monoisotopic (exact) mass is 469 g/mol. The van der Waals surface area contributed by atoms with Crippen molar-refractivity contribution >= 4 is 18.2 Å². The number of esters is 1. The molecule has 0 spiro atoms. The Morgan fingerprint density at radius 2 is 1.79 bits per heavy atom. The molecule has 0 bridgehead atoms. The highest BCUT2D eigenvalue weighted by Gasteiger charge is 2.47. The second kappa shape index (κ2) is 9.54. The molecule has 1 saturated heterocycles. The summed E-state index contributed by atoms with van der Waals surface area (Å²) in [4.78, 5) is 38.7. The van der Waals surface area contributed by atoms with Crippen molar-refractivity contribution in [3.8, 4) is 0 Å². The summed E-state index contributed by atoms with van der Waals surface area (Å²) in [6.07, 6.45) is 0.281. The average Bonchev–Trinajstić information content (AvgIpc) is 3.20. The summed E-state index contributed by atoms with van der Waals surface area (Å²) in [6.45, 7) is 14.2. The van der Waals surface area contributed by atoms with E-state index in [2.05, 4.69) is 15.6 Å². The van der Waals surface area contributed by atoms with Crippen molar-refractivity contribution in [2.24, 2.45) is 0 Å². The molecule has 0 unspecified atom stereocenters. The Labute approximate surface area is 193 Å². The second-order valence-corrected chi connectivity index (χ2v) is 10.2. The van der Waals surface area contributed by atoms with Crippen LogP contribution in [-0.4, -0.2) is 74.7 Å². The molecule has 1 aromatic heterocycles. The molecule has 0 aliphatic carbocycles. The summed E-state index contributed by atoms with van der Waals surface area (Å²) < 4.78 is 22.7. The lowest BCUT2D eigenvalue weighted by atomic mass is 10.1. The molecule has 0 aromatic carbocycles. The number of alkyl carbamates (subject to hydrolysis) is 1. The molecule has 2 atom stereocenters. The quantitative estimate of drug-likeness (QED) is 0.509. The summed E-state index contributed by atoms with van der Waals surface area (Å²) in [5, 5.41) is 10.7. The lowest BCUT2D eigenvalue weighted by Gasteiger charge is -2.34. The number of carbonyl (C=O) groups is 3. The van der Waals surface area contributed by atoms with E-state index < -0.39 is 47.2 Å². The molecule has 2 rings (SSSR count). The van der Waals surface area contributed by atoms with Gasteiger partial charge in [0.25, 0.3) is 0 Å². The first-order valence-electron chi connectivity index (χ1n) is 10.7. The number of amides is 2. The van der Waals surface area contributed by atoms with Gasteiger partial charge >= 0.3 is 18.2 Å². The Balaban J connectivity index is 2.19. The van der Waals surface area contributed by atoms with E-state index in [1.165, 1.54) is 16.7 Å². The Morgan fingerprint density at radius 1 is 1.18 bits per heavy atom. The largest absolute Gasteiger partial charge is 0.467 e. The van der Waals surface area contributed by atoms with Crippen LogP contribution in [0.1, 0.15) is 67.1 Å². The summed E-state index contributed by atoms with van der Waals surface area (Å²) in [7, 11) is 1.22. The predicted molar refractivity (Wildman–Crippen MR) is 116 cm³/mol. The van der Waals surface area contributed by atoms with E-state index in [0.717, 1.165) is 0 Å². The van der Waals surface area contributed by atoms with E-state index in [-0.39, 0.29) is 13.2 Å². The minimum Gasteiger partial charge on any atom is -0.467 e. The molecule has 12 nitrogen and oxygen atoms in total. The lowest BCUT2D eigenvalue weighted by Crippen LogP contribution is -2.47. The van der Waals surface area contributed by atoms with Gasteiger partial charge in [-0.2, -0.15) is 0 Å². The van der Waals surface area contributed by atoms with Gasteiger partial charge in [0.2, 0.25) is 0 Å². The van der Waals surface area contributed by atoms with Crippen molar-refractivity contribution in [3.63, 3.8) is 0 Å². The van der Waals surface area contributed by atoms with Crippen molar-refractivity contribution in [1.82, 2.24) is 25.2 Å². The Morgan fingerprint density at radius 3 is 2.33 bits per heavy atom. The minimum atomic E-state index is -1.06. The highest BCUT2D eigenvalue weighted by Crippen LogP contribution is 2.37. The van der Waals surface area contributed by atoms with Crippen LogP contribution >= 0.6 is 0 Å². The molecule has 1 aliphatic rings. The number of nitrogens with one attached hydrogen (secondary N) is 1. The van der Waals surface area contributed by atoms with Crippen molar-refractivity contribution in [3.05, 3.63) is 11.9 Å². The van der Waals surface area contributed by atoms with Crippen LogP contribution in [-0.2, 0) is 30.3 Å². The molecule has 1 aliphatic heterocycles. The van der Waals surface area contributed by atoms with E-state index in [0.29, 0.717) is 5.69 Å². The van der Waals surface area contributed by atoms with Crippen molar-refractivity contribution in [2.75, 3.05) is 13.7 Å². The fourth-order valence-electron chi connectivity index (χ4n) is 3.19. The molecule has 2 amide bonds. The Bertz CT molecular complexity index is 869. The minimum absolute atomic E-state index is 0.0533. The summed E-state index contributed by atoms with van der Waals surface area (Å²) in [5.41, 5.74) is -1.87. The summed E-state index contributed by atoms with van der Waals surface area (Å²) in [6, 6.07) is -1.60. The molecule has 0 radical (unpaired) electrons. The topological polar surface area (TPSA) is 134 Å². The molecular weight excluding hydrogens is 434 g/mol. The predicted octanol–water partition coefficient (Wildman–Crippen LogP) is 2.39. The van der Waals surface area contributed by atoms with E-state index in [1.807, 2.05) is 0 Å². The van der Waals surface area contributed by atoms with Crippen LogP contribution in [0.5, 0.6) is 0 Å². The molecule has 1 N–H and O–H groups in total. The highest BCUT2D eigenvalue weighted by atomic mass is 16.6. The van der Waals surface area contributed by atoms with E-state index in [1.54, 1.807) is 61.6 Å². The second-order valence-electron chi connectivity index (χ2n) is 10.2. The van der Waals surface area contributed by atoms with Gasteiger partial charge in [-0.25, -0.2) is 19.1 Å². The maximum Gasteiger partial charge on any atom is 0.413 e. The third-order valence-corrected chi connectivity index (χ3v) is 4.52. The molecular formula is C21H35N5O7. The number of aromatic nitrogens is 3. The van der Waals surface area contributed by atoms with Crippen LogP contribution < -0.4 is 5.32 Å². The van der Waals surface area contributed by atoms with Crippen LogP contribution in [0, 0.1) is 0 Å². The van der Waals surface area contributed by atoms with E-state index >= 15 is 0 Å². The normalized spacial score (nSPS) is 19.1. The van der Waals surface area contributed by atoms with E-state index in [9.17, 15) is 14.4 Å². The molecule has 1 fully saturated rings. The highest BCUT2D eigenvalue weighted by molar-refractivity contribution is 5.81. The van der Waals surface area contributed by atoms with Crippen molar-refractivity contribution in [1.29, 1.82) is 0 Å². The fraction of sp³-hybridized carbons (Fsp3) is 0.762. The molecule has 0 saturated carbocycles. The Kier molecular flexibility index (Phi) is 7.62. The number of carbonyl (C=O) groups excluding carboxylic acids is 3. The zero-order valence-corrected chi connectivity index (χ0v) is 20.8. The zero-order chi connectivity index (χ0) is 25.2. The SMILES string of the molecule is COC(=O)[C@H](Cn1cc([C@H]2COC(C)(C)N2C(=O)OC(C)(C)C)nn1)NC(=O)OC(C)(C)C. The number of methoxy groups -OCH3 is 1. The van der Waals surface area contributed by atoms with Crippen LogP contribution in [0.2, 0.25) is 0 Å². The Hall–Kier alpha value is -2.89. The van der Waals surface area contributed by atoms with Crippen molar-refractivity contribution in [2.45, 2.75) is 90.9 Å². The van der Waals surface area contributed by atoms with Crippen molar-refractivity contribution < 1.29 is 33.3 Å². The number of rotatable bonds is 5. The van der Waals surface area contributed by atoms with Crippen LogP contribution in [0.4, 0.5) is 9.59 Å². The standard InChI is InChI=1S/C21H35N5O7/c1-19(2,3)32-17(28)22-14(16(27)30-9)11-25-10-13(23-24-25)15-12-31-21(7,8)26(15)18(29)33-20(4,5)6/h10,14-15H,11-12H2,1-9H3,(H,22,28)/t14-,15+/m0/s1. The summed E-state index contributed by atoms with van der Waals surface area (Å²) >= 11 is 0. The zero-order valence-electron chi connectivity index (χ0n) is 20.8. The number of hydrogen-bond acceptors (Lipinski definition) is 9. The lowest BCUT2D eigenvalue weighted by molar-refractivity contribution is -0.143. The van der Waals surface area contributed by atoms with Gasteiger partial charge in [0.15, 0.2) is 0 Å². The molecule has 1 aromatic rings. The number of nitrogens with zero attached hydrogens (tertiary/aromatic N) is 4. The number of hydrogen-bond donors (Lipinski definition) is 1. The first kappa shape index (κ1) is 26.4. The van der Waals surface area contributed by atoms with Gasteiger partial charge in [-0.15, -0.1) is 5.10 Å². The molecule has 186 valence electrons. The average molecular weight is 470 g/mol. The number of ether oxygens (including phenoxy) is 4. The van der Waals surface area contributed by atoms with Crippen LogP contribution in [0.15, 0.2) is 6.20 Å². The first-order chi connectivity index (χ1) is 15.0. The smallest absolute Gasteiger partial charge is 0.413 e. The van der Waals surface area contributed by atoms with E-state index in [4.69, 9.17) is 18.9 Å². The third-order valence-electron chi connectivity index (χ3n) is 4.52. The first-order valence-corrected chi connectivity index (χ1v) is 10.7. The summed E-state index contributed by atoms with van der Waals surface area (Å²) in [5.74, 6) is -0.668. The molecule has 12 heteroatoms. The van der Waals surface area contributed by atoms with Gasteiger partial charge in [0.1, 0.15) is 34.7 Å². The van der Waals surface area contributed by atoms with Gasteiger partial charge in [-0.1, -0.05) is 5.21 Å². The van der Waals surface area contributed by atoms with Crippen LogP contribution in [0.3, 0.4) is 0 Å².